The van der Waals surface area contributed by atoms with Gasteiger partial charge in [0.15, 0.2) is 12.0 Å². The third kappa shape index (κ3) is 4.26. The number of alkyl carbamates (subject to hydrolysis) is 1. The second kappa shape index (κ2) is 8.38. The van der Waals surface area contributed by atoms with Crippen molar-refractivity contribution in [3.8, 4) is 12.3 Å². The molecule has 2 aliphatic heterocycles. The number of anilines is 1. The average Bonchev–Trinajstić information content (AvgIpc) is 3.26. The summed E-state index contributed by atoms with van der Waals surface area (Å²) in [6.07, 6.45) is 4.69. The minimum absolute atomic E-state index is 0.196. The topological polar surface area (TPSA) is 96.5 Å². The van der Waals surface area contributed by atoms with E-state index in [9.17, 15) is 14.4 Å². The molecule has 0 radical (unpaired) electrons. The fourth-order valence-electron chi connectivity index (χ4n) is 2.66. The molecule has 0 spiro atoms. The Hall–Kier alpha value is -2.31. The molecule has 1 aromatic carbocycles. The van der Waals surface area contributed by atoms with E-state index >= 15 is 0 Å². The van der Waals surface area contributed by atoms with Gasteiger partial charge in [0.2, 0.25) is 5.91 Å². The fourth-order valence-corrected chi connectivity index (χ4v) is 5.02. The Bertz CT molecular complexity index is 740. The fraction of sp³-hybridized carbons (Fsp3) is 0.353. The number of imide groups is 1. The van der Waals surface area contributed by atoms with Crippen molar-refractivity contribution in [2.24, 2.45) is 5.92 Å². The van der Waals surface area contributed by atoms with Crippen LogP contribution in [0, 0.1) is 18.3 Å². The Kier molecular flexibility index (Phi) is 5.96. The van der Waals surface area contributed by atoms with Crippen molar-refractivity contribution in [2.45, 2.75) is 22.1 Å². The van der Waals surface area contributed by atoms with Crippen molar-refractivity contribution in [1.82, 2.24) is 10.6 Å². The van der Waals surface area contributed by atoms with Gasteiger partial charge in [0.1, 0.15) is 0 Å². The number of thioether (sulfide) groups is 2. The highest BCUT2D eigenvalue weighted by atomic mass is 32.2. The first-order valence-corrected chi connectivity index (χ1v) is 9.86. The molecule has 3 unspecified atom stereocenters. The Morgan fingerprint density at radius 1 is 1.31 bits per heavy atom. The quantitative estimate of drug-likeness (QED) is 0.671. The lowest BCUT2D eigenvalue weighted by Gasteiger charge is -2.21. The standard InChI is InChI=1S/C17H17N3O4S2/c1-2-8-24-17(23)20-13(21)10-7-9-25-15(10)19-14(22)16-18-11-5-3-4-6-12(11)26-16/h1,3-6,10,15-16,18H,7-9H2,(H,19,22)(H,20,21,23). The van der Waals surface area contributed by atoms with E-state index in [4.69, 9.17) is 6.42 Å². The molecule has 0 bridgehead atoms. The molecule has 2 heterocycles. The molecule has 3 N–H and O–H groups in total. The van der Waals surface area contributed by atoms with E-state index in [1.165, 1.54) is 23.5 Å². The molecule has 136 valence electrons. The van der Waals surface area contributed by atoms with Gasteiger partial charge in [-0.1, -0.05) is 29.8 Å². The van der Waals surface area contributed by atoms with Crippen molar-refractivity contribution in [3.05, 3.63) is 24.3 Å². The zero-order valence-corrected chi connectivity index (χ0v) is 15.3. The summed E-state index contributed by atoms with van der Waals surface area (Å²) in [5.74, 6) is 1.69. The molecule has 0 aromatic heterocycles. The summed E-state index contributed by atoms with van der Waals surface area (Å²) in [6.45, 7) is -0.205. The molecule has 26 heavy (non-hydrogen) atoms. The summed E-state index contributed by atoms with van der Waals surface area (Å²) in [4.78, 5) is 37.3. The Balaban J connectivity index is 1.54. The summed E-state index contributed by atoms with van der Waals surface area (Å²) in [5, 5.41) is 7.38. The van der Waals surface area contributed by atoms with E-state index in [0.29, 0.717) is 12.2 Å². The van der Waals surface area contributed by atoms with Gasteiger partial charge in [-0.05, 0) is 24.3 Å². The summed E-state index contributed by atoms with van der Waals surface area (Å²) in [7, 11) is 0. The van der Waals surface area contributed by atoms with E-state index in [1.807, 2.05) is 24.3 Å². The Morgan fingerprint density at radius 2 is 2.12 bits per heavy atom. The van der Waals surface area contributed by atoms with Gasteiger partial charge in [0.25, 0.3) is 5.91 Å². The number of ether oxygens (including phenoxy) is 1. The maximum absolute atomic E-state index is 12.5. The third-order valence-electron chi connectivity index (χ3n) is 3.88. The summed E-state index contributed by atoms with van der Waals surface area (Å²) >= 11 is 2.91. The lowest BCUT2D eigenvalue weighted by molar-refractivity contribution is -0.125. The maximum atomic E-state index is 12.5. The monoisotopic (exact) mass is 391 g/mol. The van der Waals surface area contributed by atoms with Crippen LogP contribution in [0.1, 0.15) is 6.42 Å². The highest BCUT2D eigenvalue weighted by Crippen LogP contribution is 2.38. The number of carbonyl (C=O) groups excluding carboxylic acids is 3. The molecule has 3 amide bonds. The van der Waals surface area contributed by atoms with Gasteiger partial charge in [-0.3, -0.25) is 14.9 Å². The minimum Gasteiger partial charge on any atom is -0.436 e. The molecule has 9 heteroatoms. The van der Waals surface area contributed by atoms with Crippen molar-refractivity contribution >= 4 is 47.1 Å². The number of rotatable bonds is 4. The van der Waals surface area contributed by atoms with Crippen molar-refractivity contribution in [1.29, 1.82) is 0 Å². The molecular weight excluding hydrogens is 374 g/mol. The van der Waals surface area contributed by atoms with Crippen LogP contribution >= 0.6 is 23.5 Å². The van der Waals surface area contributed by atoms with Crippen LogP contribution in [0.15, 0.2) is 29.2 Å². The van der Waals surface area contributed by atoms with Crippen molar-refractivity contribution in [2.75, 3.05) is 17.7 Å². The van der Waals surface area contributed by atoms with Gasteiger partial charge < -0.3 is 15.4 Å². The van der Waals surface area contributed by atoms with Crippen LogP contribution in [0.2, 0.25) is 0 Å². The van der Waals surface area contributed by atoms with E-state index in [1.54, 1.807) is 0 Å². The lowest BCUT2D eigenvalue weighted by atomic mass is 10.1. The first-order valence-electron chi connectivity index (χ1n) is 7.94. The predicted octanol–water partition coefficient (Wildman–Crippen LogP) is 1.61. The summed E-state index contributed by atoms with van der Waals surface area (Å²) in [5.41, 5.74) is 0.919. The van der Waals surface area contributed by atoms with Gasteiger partial charge in [-0.15, -0.1) is 18.2 Å². The second-order valence-corrected chi connectivity index (χ2v) is 8.00. The number of para-hydroxylation sites is 1. The number of hydrogen-bond donors (Lipinski definition) is 3. The van der Waals surface area contributed by atoms with Gasteiger partial charge in [-0.2, -0.15) is 0 Å². The molecule has 3 rings (SSSR count). The van der Waals surface area contributed by atoms with Gasteiger partial charge >= 0.3 is 6.09 Å². The predicted molar refractivity (Wildman–Crippen MR) is 101 cm³/mol. The number of terminal acetylenes is 1. The molecule has 1 fully saturated rings. The van der Waals surface area contributed by atoms with E-state index in [-0.39, 0.29) is 12.5 Å². The zero-order valence-electron chi connectivity index (χ0n) is 13.7. The summed E-state index contributed by atoms with van der Waals surface area (Å²) in [6, 6.07) is 7.68. The minimum atomic E-state index is -0.876. The SMILES string of the molecule is C#CCOC(=O)NC(=O)C1CCSC1NC(=O)C1Nc2ccccc2S1. The largest absolute Gasteiger partial charge is 0.436 e. The van der Waals surface area contributed by atoms with Crippen LogP contribution in [-0.4, -0.2) is 41.0 Å². The van der Waals surface area contributed by atoms with Crippen LogP contribution in [0.4, 0.5) is 10.5 Å². The molecule has 1 aromatic rings. The number of fused-ring (bicyclic) bond motifs is 1. The average molecular weight is 391 g/mol. The molecule has 2 aliphatic rings. The van der Waals surface area contributed by atoms with Crippen molar-refractivity contribution < 1.29 is 19.1 Å². The second-order valence-electron chi connectivity index (χ2n) is 5.60. The lowest BCUT2D eigenvalue weighted by Crippen LogP contribution is -2.47. The highest BCUT2D eigenvalue weighted by molar-refractivity contribution is 8.01. The van der Waals surface area contributed by atoms with Gasteiger partial charge in [0, 0.05) is 10.6 Å². The van der Waals surface area contributed by atoms with E-state index in [2.05, 4.69) is 26.6 Å². The maximum Gasteiger partial charge on any atom is 0.414 e. The molecule has 3 atom stereocenters. The normalized spacial score (nSPS) is 23.3. The number of carbonyl (C=O) groups is 3. The van der Waals surface area contributed by atoms with Crippen LogP contribution in [0.3, 0.4) is 0 Å². The zero-order chi connectivity index (χ0) is 18.5. The Labute approximate surface area is 159 Å². The summed E-state index contributed by atoms with van der Waals surface area (Å²) < 4.78 is 4.64. The first kappa shape index (κ1) is 18.5. The number of hydrogen-bond acceptors (Lipinski definition) is 7. The van der Waals surface area contributed by atoms with Gasteiger partial charge in [-0.25, -0.2) is 4.79 Å². The Morgan fingerprint density at radius 3 is 2.88 bits per heavy atom. The number of amides is 3. The molecule has 0 saturated carbocycles. The van der Waals surface area contributed by atoms with Crippen LogP contribution in [0.25, 0.3) is 0 Å². The molecule has 7 nitrogen and oxygen atoms in total. The number of benzene rings is 1. The van der Waals surface area contributed by atoms with Crippen LogP contribution < -0.4 is 16.0 Å². The highest BCUT2D eigenvalue weighted by Gasteiger charge is 2.38. The number of nitrogens with one attached hydrogen (secondary N) is 3. The van der Waals surface area contributed by atoms with Crippen LogP contribution in [-0.2, 0) is 14.3 Å². The van der Waals surface area contributed by atoms with Gasteiger partial charge in [0.05, 0.1) is 11.3 Å². The molecular formula is C17H17N3O4S2. The van der Waals surface area contributed by atoms with Crippen LogP contribution in [0.5, 0.6) is 0 Å². The molecule has 1 saturated heterocycles. The van der Waals surface area contributed by atoms with E-state index < -0.39 is 28.7 Å². The van der Waals surface area contributed by atoms with Crippen molar-refractivity contribution in [3.63, 3.8) is 0 Å². The third-order valence-corrected chi connectivity index (χ3v) is 6.34. The first-order chi connectivity index (χ1) is 12.6. The van der Waals surface area contributed by atoms with E-state index in [0.717, 1.165) is 10.6 Å². The smallest absolute Gasteiger partial charge is 0.414 e. The molecule has 0 aliphatic carbocycles.